The Morgan fingerprint density at radius 3 is 2.45 bits per heavy atom. The van der Waals surface area contributed by atoms with Gasteiger partial charge in [0.15, 0.2) is 0 Å². The van der Waals surface area contributed by atoms with Crippen LogP contribution in [0.15, 0.2) is 18.2 Å². The van der Waals surface area contributed by atoms with Gasteiger partial charge in [-0.2, -0.15) is 13.2 Å². The van der Waals surface area contributed by atoms with Gasteiger partial charge < -0.3 is 15.2 Å². The number of piperazine rings is 1. The van der Waals surface area contributed by atoms with Crippen molar-refractivity contribution in [1.29, 1.82) is 0 Å². The van der Waals surface area contributed by atoms with Gasteiger partial charge in [0.1, 0.15) is 5.75 Å². The monoisotopic (exact) mass is 340 g/mol. The Morgan fingerprint density at radius 1 is 1.32 bits per heavy atom. The van der Waals surface area contributed by atoms with Gasteiger partial charge in [-0.15, -0.1) is 12.4 Å². The molecule has 4 nitrogen and oxygen atoms in total. The zero-order valence-electron chi connectivity index (χ0n) is 12.2. The molecule has 0 spiro atoms. The second-order valence-corrected chi connectivity index (χ2v) is 4.94. The van der Waals surface area contributed by atoms with Gasteiger partial charge in [0, 0.05) is 31.7 Å². The molecule has 2 rings (SSSR count). The van der Waals surface area contributed by atoms with Gasteiger partial charge in [-0.3, -0.25) is 4.90 Å². The topological polar surface area (TPSA) is 44.7 Å². The fourth-order valence-electron chi connectivity index (χ4n) is 2.57. The molecule has 0 aliphatic carbocycles. The van der Waals surface area contributed by atoms with Gasteiger partial charge in [-0.25, -0.2) is 0 Å². The number of benzene rings is 1. The molecule has 1 aromatic rings. The highest BCUT2D eigenvalue weighted by Crippen LogP contribution is 2.36. The van der Waals surface area contributed by atoms with Gasteiger partial charge in [0.2, 0.25) is 0 Å². The molecule has 0 amide bonds. The first-order valence-corrected chi connectivity index (χ1v) is 6.78. The highest BCUT2D eigenvalue weighted by Gasteiger charge is 2.32. The Balaban J connectivity index is 0.00000242. The van der Waals surface area contributed by atoms with Crippen molar-refractivity contribution < 1.29 is 23.0 Å². The number of aliphatic hydroxyl groups is 1. The standard InChI is InChI=1S/C14H19F3N2O2.ClH/c1-21-13-8-10(14(15,16)17)2-3-11(13)12(9-20)19-6-4-18-5-7-19;/h2-3,8,12,18,20H,4-7,9H2,1H3;1H/t12-;/m1./s1. The molecular weight excluding hydrogens is 321 g/mol. The number of methoxy groups -OCH3 is 1. The molecule has 22 heavy (non-hydrogen) atoms. The highest BCUT2D eigenvalue weighted by molar-refractivity contribution is 5.85. The molecule has 0 aromatic heterocycles. The molecule has 0 unspecified atom stereocenters. The Bertz CT molecular complexity index is 480. The molecule has 2 N–H and O–H groups in total. The van der Waals surface area contributed by atoms with Crippen molar-refractivity contribution in [3.8, 4) is 5.75 Å². The minimum Gasteiger partial charge on any atom is -0.496 e. The normalized spacial score (nSPS) is 17.7. The number of ether oxygens (including phenoxy) is 1. The van der Waals surface area contributed by atoms with Gasteiger partial charge in [0.25, 0.3) is 0 Å². The van der Waals surface area contributed by atoms with Gasteiger partial charge in [0.05, 0.1) is 25.3 Å². The Labute approximate surface area is 133 Å². The Hall–Kier alpha value is -1.02. The summed E-state index contributed by atoms with van der Waals surface area (Å²) in [4.78, 5) is 2.04. The number of hydrogen-bond acceptors (Lipinski definition) is 4. The first-order valence-electron chi connectivity index (χ1n) is 6.78. The van der Waals surface area contributed by atoms with E-state index < -0.39 is 11.7 Å². The predicted octanol–water partition coefficient (Wildman–Crippen LogP) is 2.07. The lowest BCUT2D eigenvalue weighted by molar-refractivity contribution is -0.137. The second-order valence-electron chi connectivity index (χ2n) is 4.94. The zero-order chi connectivity index (χ0) is 15.5. The van der Waals surface area contributed by atoms with Gasteiger partial charge in [-0.05, 0) is 12.1 Å². The third-order valence-electron chi connectivity index (χ3n) is 3.69. The van der Waals surface area contributed by atoms with Crippen LogP contribution in [0, 0.1) is 0 Å². The van der Waals surface area contributed by atoms with E-state index in [0.29, 0.717) is 5.56 Å². The summed E-state index contributed by atoms with van der Waals surface area (Å²) in [6.45, 7) is 2.88. The first-order chi connectivity index (χ1) is 9.97. The van der Waals surface area contributed by atoms with Crippen LogP contribution < -0.4 is 10.1 Å². The van der Waals surface area contributed by atoms with E-state index in [2.05, 4.69) is 5.32 Å². The number of hydrogen-bond donors (Lipinski definition) is 2. The van der Waals surface area contributed by atoms with E-state index in [1.165, 1.54) is 13.2 Å². The largest absolute Gasteiger partial charge is 0.496 e. The van der Waals surface area contributed by atoms with Crippen LogP contribution >= 0.6 is 12.4 Å². The van der Waals surface area contributed by atoms with E-state index in [1.807, 2.05) is 4.90 Å². The summed E-state index contributed by atoms with van der Waals surface area (Å²) in [5, 5.41) is 12.8. The molecule has 1 aliphatic rings. The van der Waals surface area contributed by atoms with Crippen molar-refractivity contribution in [3.05, 3.63) is 29.3 Å². The predicted molar refractivity (Wildman–Crippen MR) is 79.5 cm³/mol. The van der Waals surface area contributed by atoms with Crippen LogP contribution in [0.1, 0.15) is 17.2 Å². The van der Waals surface area contributed by atoms with E-state index in [1.54, 1.807) is 0 Å². The maximum absolute atomic E-state index is 12.7. The summed E-state index contributed by atoms with van der Waals surface area (Å²) in [7, 11) is 1.34. The number of rotatable bonds is 4. The molecule has 0 radical (unpaired) electrons. The van der Waals surface area contributed by atoms with E-state index >= 15 is 0 Å². The first kappa shape index (κ1) is 19.0. The second kappa shape index (κ2) is 8.01. The van der Waals surface area contributed by atoms with Crippen molar-refractivity contribution in [2.45, 2.75) is 12.2 Å². The molecule has 1 fully saturated rings. The average Bonchev–Trinajstić information content (AvgIpc) is 2.48. The SMILES string of the molecule is COc1cc(C(F)(F)F)ccc1[C@@H](CO)N1CCNCC1.Cl. The van der Waals surface area contributed by atoms with Gasteiger partial charge >= 0.3 is 6.18 Å². The van der Waals surface area contributed by atoms with Crippen molar-refractivity contribution >= 4 is 12.4 Å². The Kier molecular flexibility index (Phi) is 6.93. The molecular formula is C14H20ClF3N2O2. The molecule has 1 aromatic carbocycles. The van der Waals surface area contributed by atoms with Crippen LogP contribution in [-0.4, -0.2) is 49.9 Å². The maximum Gasteiger partial charge on any atom is 0.416 e. The number of aliphatic hydroxyl groups excluding tert-OH is 1. The van der Waals surface area contributed by atoms with Crippen LogP contribution in [0.2, 0.25) is 0 Å². The molecule has 8 heteroatoms. The van der Waals surface area contributed by atoms with Crippen molar-refractivity contribution in [3.63, 3.8) is 0 Å². The van der Waals surface area contributed by atoms with Crippen LogP contribution in [0.3, 0.4) is 0 Å². The molecule has 1 heterocycles. The molecule has 0 bridgehead atoms. The van der Waals surface area contributed by atoms with Crippen molar-refractivity contribution in [1.82, 2.24) is 10.2 Å². The molecule has 1 atom stereocenters. The van der Waals surface area contributed by atoms with Crippen LogP contribution in [0.25, 0.3) is 0 Å². The summed E-state index contributed by atoms with van der Waals surface area (Å²) >= 11 is 0. The summed E-state index contributed by atoms with van der Waals surface area (Å²) in [5.74, 6) is 0.155. The third-order valence-corrected chi connectivity index (χ3v) is 3.69. The van der Waals surface area contributed by atoms with E-state index in [-0.39, 0.29) is 30.8 Å². The quantitative estimate of drug-likeness (QED) is 0.881. The van der Waals surface area contributed by atoms with Crippen LogP contribution in [-0.2, 0) is 6.18 Å². The lowest BCUT2D eigenvalue weighted by Crippen LogP contribution is -2.46. The zero-order valence-corrected chi connectivity index (χ0v) is 13.0. The summed E-state index contributed by atoms with van der Waals surface area (Å²) in [6, 6.07) is 3.05. The van der Waals surface area contributed by atoms with E-state index in [4.69, 9.17) is 4.74 Å². The van der Waals surface area contributed by atoms with Crippen molar-refractivity contribution in [2.75, 3.05) is 39.9 Å². The molecule has 126 valence electrons. The number of halogens is 4. The van der Waals surface area contributed by atoms with Gasteiger partial charge in [-0.1, -0.05) is 6.07 Å². The molecule has 1 saturated heterocycles. The minimum absolute atomic E-state index is 0. The van der Waals surface area contributed by atoms with Crippen LogP contribution in [0.4, 0.5) is 13.2 Å². The summed E-state index contributed by atoms with van der Waals surface area (Å²) in [5.41, 5.74) is -0.171. The van der Waals surface area contributed by atoms with Crippen LogP contribution in [0.5, 0.6) is 5.75 Å². The lowest BCUT2D eigenvalue weighted by atomic mass is 10.0. The number of alkyl halides is 3. The van der Waals surface area contributed by atoms with E-state index in [0.717, 1.165) is 38.3 Å². The summed E-state index contributed by atoms with van der Waals surface area (Å²) in [6.07, 6.45) is -4.41. The fourth-order valence-corrected chi connectivity index (χ4v) is 2.57. The number of nitrogens with one attached hydrogen (secondary N) is 1. The third kappa shape index (κ3) is 4.25. The molecule has 0 saturated carbocycles. The Morgan fingerprint density at radius 2 is 1.95 bits per heavy atom. The average molecular weight is 341 g/mol. The fraction of sp³-hybridized carbons (Fsp3) is 0.571. The highest BCUT2D eigenvalue weighted by atomic mass is 35.5. The number of nitrogens with zero attached hydrogens (tertiary/aromatic N) is 1. The van der Waals surface area contributed by atoms with E-state index in [9.17, 15) is 18.3 Å². The smallest absolute Gasteiger partial charge is 0.416 e. The maximum atomic E-state index is 12.7. The summed E-state index contributed by atoms with van der Waals surface area (Å²) < 4.78 is 43.4. The molecule has 1 aliphatic heterocycles. The minimum atomic E-state index is -4.41. The van der Waals surface area contributed by atoms with Crippen molar-refractivity contribution in [2.24, 2.45) is 0 Å². The lowest BCUT2D eigenvalue weighted by Gasteiger charge is -2.34.